The van der Waals surface area contributed by atoms with Gasteiger partial charge in [-0.1, -0.05) is 13.8 Å². The molecule has 20 heavy (non-hydrogen) atoms. The monoisotopic (exact) mass is 342 g/mol. The van der Waals surface area contributed by atoms with Gasteiger partial charge in [0.15, 0.2) is 11.6 Å². The molecule has 0 radical (unpaired) electrons. The van der Waals surface area contributed by atoms with Crippen LogP contribution < -0.4 is 10.5 Å². The molecule has 1 fully saturated rings. The van der Waals surface area contributed by atoms with Crippen molar-refractivity contribution in [2.45, 2.75) is 39.2 Å². The fourth-order valence-corrected chi connectivity index (χ4v) is 3.16. The summed E-state index contributed by atoms with van der Waals surface area (Å²) in [6.07, 6.45) is 3.08. The Morgan fingerprint density at radius 2 is 2.05 bits per heavy atom. The van der Waals surface area contributed by atoms with Crippen LogP contribution in [0.2, 0.25) is 0 Å². The summed E-state index contributed by atoms with van der Waals surface area (Å²) in [7, 11) is 0. The highest BCUT2D eigenvalue weighted by atomic mass is 79.9. The summed E-state index contributed by atoms with van der Waals surface area (Å²) in [5.41, 5.74) is 5.74. The topological polar surface area (TPSA) is 59.1 Å². The fourth-order valence-electron chi connectivity index (χ4n) is 2.62. The Hall–Kier alpha value is -1.10. The first kappa shape index (κ1) is 15.3. The molecule has 0 aromatic heterocycles. The van der Waals surface area contributed by atoms with Gasteiger partial charge >= 0.3 is 0 Å². The first-order valence-electron chi connectivity index (χ1n) is 6.89. The summed E-state index contributed by atoms with van der Waals surface area (Å²) in [6, 6.07) is 3.17. The van der Waals surface area contributed by atoms with E-state index in [2.05, 4.69) is 29.8 Å². The number of nitrogen functional groups attached to an aromatic ring is 1. The predicted octanol–water partition coefficient (Wildman–Crippen LogP) is 4.08. The zero-order valence-electron chi connectivity index (χ0n) is 11.7. The van der Waals surface area contributed by atoms with E-state index in [0.29, 0.717) is 17.4 Å². The molecule has 1 aromatic carbocycles. The molecule has 3 N–H and O–H groups in total. The van der Waals surface area contributed by atoms with Crippen LogP contribution in [0.5, 0.6) is 5.75 Å². The molecular formula is C15H20BrFN2O. The highest BCUT2D eigenvalue weighted by Gasteiger charge is 2.27. The highest BCUT2D eigenvalue weighted by Crippen LogP contribution is 2.34. The van der Waals surface area contributed by atoms with Gasteiger partial charge in [-0.15, -0.1) is 0 Å². The van der Waals surface area contributed by atoms with E-state index in [1.54, 1.807) is 12.1 Å². The van der Waals surface area contributed by atoms with E-state index in [4.69, 9.17) is 15.9 Å². The Bertz CT molecular complexity index is 521. The van der Waals surface area contributed by atoms with Crippen LogP contribution in [0.3, 0.4) is 0 Å². The number of halogens is 2. The molecule has 3 atom stereocenters. The van der Waals surface area contributed by atoms with Gasteiger partial charge in [0, 0.05) is 5.56 Å². The maximum atomic E-state index is 14.2. The fraction of sp³-hybridized carbons (Fsp3) is 0.533. The number of benzene rings is 1. The molecule has 0 aliphatic heterocycles. The molecule has 110 valence electrons. The molecule has 1 saturated carbocycles. The third-order valence-electron chi connectivity index (χ3n) is 4.18. The lowest BCUT2D eigenvalue weighted by atomic mass is 9.80. The molecule has 1 aliphatic rings. The molecule has 0 heterocycles. The summed E-state index contributed by atoms with van der Waals surface area (Å²) >= 11 is 3.14. The van der Waals surface area contributed by atoms with Gasteiger partial charge in [0.1, 0.15) is 5.84 Å². The largest absolute Gasteiger partial charge is 0.487 e. The Labute approximate surface area is 127 Å². The summed E-state index contributed by atoms with van der Waals surface area (Å²) in [5, 5.41) is 7.39. The standard InChI is InChI=1S/C15H20BrFN2O/c1-8-3-4-10(7-9(8)2)20-12-6-5-11(15(18)19)13(16)14(12)17/h5-6,8-10H,3-4,7H2,1-2H3,(H3,18,19). The minimum absolute atomic E-state index is 0.0609. The lowest BCUT2D eigenvalue weighted by Crippen LogP contribution is -2.29. The maximum absolute atomic E-state index is 14.2. The van der Waals surface area contributed by atoms with Gasteiger partial charge in [-0.25, -0.2) is 4.39 Å². The van der Waals surface area contributed by atoms with Crippen LogP contribution in [0, 0.1) is 23.1 Å². The van der Waals surface area contributed by atoms with Crippen molar-refractivity contribution in [3.05, 3.63) is 28.0 Å². The van der Waals surface area contributed by atoms with Crippen LogP contribution in [-0.4, -0.2) is 11.9 Å². The van der Waals surface area contributed by atoms with Crippen LogP contribution in [-0.2, 0) is 0 Å². The van der Waals surface area contributed by atoms with Crippen LogP contribution in [0.4, 0.5) is 4.39 Å². The molecule has 5 heteroatoms. The minimum atomic E-state index is -0.482. The van der Waals surface area contributed by atoms with Crippen molar-refractivity contribution >= 4 is 21.8 Å². The second-order valence-electron chi connectivity index (χ2n) is 5.66. The molecular weight excluding hydrogens is 323 g/mol. The average molecular weight is 343 g/mol. The van der Waals surface area contributed by atoms with Gasteiger partial charge < -0.3 is 10.5 Å². The SMILES string of the molecule is CC1CCC(Oc2ccc(C(=N)N)c(Br)c2F)CC1C. The minimum Gasteiger partial charge on any atom is -0.487 e. The third-order valence-corrected chi connectivity index (χ3v) is 4.96. The van der Waals surface area contributed by atoms with Gasteiger partial charge in [0.2, 0.25) is 0 Å². The van der Waals surface area contributed by atoms with E-state index in [9.17, 15) is 4.39 Å². The van der Waals surface area contributed by atoms with Gasteiger partial charge in [0.05, 0.1) is 10.6 Å². The van der Waals surface area contributed by atoms with Gasteiger partial charge in [0.25, 0.3) is 0 Å². The second kappa shape index (κ2) is 6.12. The van der Waals surface area contributed by atoms with E-state index in [1.807, 2.05) is 0 Å². The Morgan fingerprint density at radius 1 is 1.35 bits per heavy atom. The Balaban J connectivity index is 2.14. The van der Waals surface area contributed by atoms with Crippen molar-refractivity contribution in [2.24, 2.45) is 17.6 Å². The van der Waals surface area contributed by atoms with E-state index >= 15 is 0 Å². The molecule has 1 aliphatic carbocycles. The molecule has 1 aromatic rings. The van der Waals surface area contributed by atoms with Crippen molar-refractivity contribution < 1.29 is 9.13 Å². The van der Waals surface area contributed by atoms with Crippen LogP contribution in [0.25, 0.3) is 0 Å². The number of ether oxygens (including phenoxy) is 1. The first-order valence-corrected chi connectivity index (χ1v) is 7.68. The Morgan fingerprint density at radius 3 is 2.65 bits per heavy atom. The lowest BCUT2D eigenvalue weighted by Gasteiger charge is -2.32. The molecule has 2 rings (SSSR count). The zero-order valence-corrected chi connectivity index (χ0v) is 13.3. The molecule has 0 spiro atoms. The predicted molar refractivity (Wildman–Crippen MR) is 81.7 cm³/mol. The number of amidine groups is 1. The van der Waals surface area contributed by atoms with Crippen molar-refractivity contribution in [1.29, 1.82) is 5.41 Å². The van der Waals surface area contributed by atoms with E-state index < -0.39 is 5.82 Å². The Kier molecular flexibility index (Phi) is 4.68. The van der Waals surface area contributed by atoms with Crippen LogP contribution in [0.15, 0.2) is 16.6 Å². The number of nitrogens with one attached hydrogen (secondary N) is 1. The maximum Gasteiger partial charge on any atom is 0.179 e. The van der Waals surface area contributed by atoms with Crippen molar-refractivity contribution in [2.75, 3.05) is 0 Å². The summed E-state index contributed by atoms with van der Waals surface area (Å²) in [5.74, 6) is 0.878. The van der Waals surface area contributed by atoms with E-state index in [-0.39, 0.29) is 22.2 Å². The number of nitrogens with two attached hydrogens (primary N) is 1. The normalized spacial score (nSPS) is 26.3. The smallest absolute Gasteiger partial charge is 0.179 e. The molecule has 0 bridgehead atoms. The quantitative estimate of drug-likeness (QED) is 0.642. The lowest BCUT2D eigenvalue weighted by molar-refractivity contribution is 0.0966. The zero-order chi connectivity index (χ0) is 14.9. The summed E-state index contributed by atoms with van der Waals surface area (Å²) in [4.78, 5) is 0. The third kappa shape index (κ3) is 3.14. The van der Waals surface area contributed by atoms with E-state index in [0.717, 1.165) is 19.3 Å². The van der Waals surface area contributed by atoms with Gasteiger partial charge in [-0.05, 0) is 59.2 Å². The number of hydrogen-bond donors (Lipinski definition) is 2. The van der Waals surface area contributed by atoms with Crippen molar-refractivity contribution in [1.82, 2.24) is 0 Å². The van der Waals surface area contributed by atoms with Crippen molar-refractivity contribution in [3.63, 3.8) is 0 Å². The van der Waals surface area contributed by atoms with Crippen LogP contribution in [0.1, 0.15) is 38.7 Å². The summed E-state index contributed by atoms with van der Waals surface area (Å²) < 4.78 is 20.2. The molecule has 3 unspecified atom stereocenters. The number of hydrogen-bond acceptors (Lipinski definition) is 2. The number of rotatable bonds is 3. The first-order chi connectivity index (χ1) is 9.40. The van der Waals surface area contributed by atoms with Crippen LogP contribution >= 0.6 is 15.9 Å². The molecule has 3 nitrogen and oxygen atoms in total. The molecule has 0 amide bonds. The average Bonchev–Trinajstić information content (AvgIpc) is 2.39. The van der Waals surface area contributed by atoms with E-state index in [1.165, 1.54) is 0 Å². The van der Waals surface area contributed by atoms with Gasteiger partial charge in [-0.2, -0.15) is 0 Å². The van der Waals surface area contributed by atoms with Crippen molar-refractivity contribution in [3.8, 4) is 5.75 Å². The second-order valence-corrected chi connectivity index (χ2v) is 6.45. The highest BCUT2D eigenvalue weighted by molar-refractivity contribution is 9.10. The molecule has 0 saturated heterocycles. The van der Waals surface area contributed by atoms with Gasteiger partial charge in [-0.3, -0.25) is 5.41 Å². The summed E-state index contributed by atoms with van der Waals surface area (Å²) in [6.45, 7) is 4.46.